The van der Waals surface area contributed by atoms with Gasteiger partial charge < -0.3 is 24.8 Å². The summed E-state index contributed by atoms with van der Waals surface area (Å²) in [5.41, 5.74) is 1.38. The van der Waals surface area contributed by atoms with Crippen LogP contribution in [0.1, 0.15) is 33.4 Å². The smallest absolute Gasteiger partial charge is 0.458 e. The summed E-state index contributed by atoms with van der Waals surface area (Å²) in [6, 6.07) is 8.37. The number of halogens is 1. The van der Waals surface area contributed by atoms with Crippen molar-refractivity contribution in [1.29, 1.82) is 0 Å². The highest BCUT2D eigenvalue weighted by Gasteiger charge is 2.56. The molecule has 3 heterocycles. The molecule has 2 saturated heterocycles. The average molecular weight is 526 g/mol. The summed E-state index contributed by atoms with van der Waals surface area (Å²) < 4.78 is 52.0. The second kappa shape index (κ2) is 9.56. The van der Waals surface area contributed by atoms with E-state index in [0.717, 1.165) is 11.5 Å². The number of anilines is 1. The van der Waals surface area contributed by atoms with Crippen molar-refractivity contribution in [2.24, 2.45) is 0 Å². The van der Waals surface area contributed by atoms with Crippen molar-refractivity contribution in [3.8, 4) is 5.75 Å². The van der Waals surface area contributed by atoms with Crippen molar-refractivity contribution < 1.29 is 37.4 Å². The maximum atomic E-state index is 15.5. The first-order chi connectivity index (χ1) is 16.8. The van der Waals surface area contributed by atoms with Gasteiger partial charge in [0.15, 0.2) is 11.9 Å². The molecule has 0 bridgehead atoms. The standard InChI is InChI=1S/C22H28FN4O8P/c1-21(2)11-14(18(29)34-21)26-36(31,35-13-7-5-4-6-8-13)32-12-15-17(28)22(3,23)19(33-15)27-10-9-16(24)25-20(27)30/h4-10,14-15,17,19,28H,11-12H2,1-3H3,(H,26,31)(H2,24,25,30). The minimum atomic E-state index is -4.27. The number of para-hydroxylation sites is 1. The Kier molecular flexibility index (Phi) is 6.97. The Bertz CT molecular complexity index is 1220. The first-order valence-electron chi connectivity index (χ1n) is 11.2. The van der Waals surface area contributed by atoms with Crippen LogP contribution in [0.3, 0.4) is 0 Å². The van der Waals surface area contributed by atoms with E-state index < -0.39 is 61.8 Å². The van der Waals surface area contributed by atoms with Gasteiger partial charge in [-0.05, 0) is 39.0 Å². The number of esters is 1. The molecule has 4 N–H and O–H groups in total. The minimum Gasteiger partial charge on any atom is -0.458 e. The number of hydrogen-bond acceptors (Lipinski definition) is 10. The fourth-order valence-corrected chi connectivity index (χ4v) is 5.59. The van der Waals surface area contributed by atoms with Gasteiger partial charge in [0, 0.05) is 12.6 Å². The van der Waals surface area contributed by atoms with E-state index in [-0.39, 0.29) is 18.0 Å². The quantitative estimate of drug-likeness (QED) is 0.339. The molecule has 4 rings (SSSR count). The molecular weight excluding hydrogens is 498 g/mol. The number of nitrogen functional groups attached to an aromatic ring is 1. The molecule has 0 aliphatic carbocycles. The minimum absolute atomic E-state index is 0.0612. The first-order valence-corrected chi connectivity index (χ1v) is 12.7. The van der Waals surface area contributed by atoms with Gasteiger partial charge in [-0.25, -0.2) is 13.8 Å². The predicted molar refractivity (Wildman–Crippen MR) is 125 cm³/mol. The third-order valence-corrected chi connectivity index (χ3v) is 7.44. The van der Waals surface area contributed by atoms with Crippen LogP contribution in [0.2, 0.25) is 0 Å². The summed E-state index contributed by atoms with van der Waals surface area (Å²) in [5.74, 6) is -0.516. The number of benzene rings is 1. The second-order valence-electron chi connectivity index (χ2n) is 9.43. The van der Waals surface area contributed by atoms with Crippen molar-refractivity contribution in [3.05, 3.63) is 53.1 Å². The van der Waals surface area contributed by atoms with Gasteiger partial charge in [0.2, 0.25) is 0 Å². The molecule has 0 amide bonds. The van der Waals surface area contributed by atoms with Gasteiger partial charge in [-0.1, -0.05) is 18.2 Å². The fraction of sp³-hybridized carbons (Fsp3) is 0.500. The van der Waals surface area contributed by atoms with Crippen molar-refractivity contribution in [1.82, 2.24) is 14.6 Å². The van der Waals surface area contributed by atoms with E-state index in [1.807, 2.05) is 0 Å². The van der Waals surface area contributed by atoms with Crippen molar-refractivity contribution in [2.75, 3.05) is 12.3 Å². The summed E-state index contributed by atoms with van der Waals surface area (Å²) in [4.78, 5) is 28.1. The molecule has 0 saturated carbocycles. The van der Waals surface area contributed by atoms with Crippen LogP contribution in [0.25, 0.3) is 0 Å². The van der Waals surface area contributed by atoms with E-state index in [2.05, 4.69) is 10.1 Å². The molecule has 1 aromatic carbocycles. The number of nitrogens with two attached hydrogens (primary N) is 1. The number of aliphatic hydroxyl groups is 1. The fourth-order valence-electron chi connectivity index (χ4n) is 4.09. The SMILES string of the molecule is CC1(C)CC(NP(=O)(OCC2OC(n3ccc(N)nc3=O)C(C)(F)C2O)Oc2ccccc2)C(=O)O1. The maximum absolute atomic E-state index is 15.5. The summed E-state index contributed by atoms with van der Waals surface area (Å²) in [5, 5.41) is 13.2. The third-order valence-electron chi connectivity index (χ3n) is 5.87. The molecule has 6 unspecified atom stereocenters. The Hall–Kier alpha value is -2.83. The number of cyclic esters (lactones) is 1. The number of aromatic nitrogens is 2. The van der Waals surface area contributed by atoms with E-state index in [1.54, 1.807) is 32.0 Å². The van der Waals surface area contributed by atoms with Crippen LogP contribution in [-0.4, -0.2) is 56.8 Å². The number of ether oxygens (including phenoxy) is 2. The van der Waals surface area contributed by atoms with E-state index in [0.29, 0.717) is 0 Å². The van der Waals surface area contributed by atoms with Gasteiger partial charge in [-0.2, -0.15) is 10.1 Å². The van der Waals surface area contributed by atoms with Crippen LogP contribution in [0.4, 0.5) is 10.2 Å². The highest BCUT2D eigenvalue weighted by atomic mass is 31.2. The summed E-state index contributed by atoms with van der Waals surface area (Å²) in [6.07, 6.45) is -3.29. The van der Waals surface area contributed by atoms with Crippen LogP contribution in [0.5, 0.6) is 5.75 Å². The van der Waals surface area contributed by atoms with Crippen LogP contribution in [0.15, 0.2) is 47.4 Å². The van der Waals surface area contributed by atoms with Gasteiger partial charge in [-0.3, -0.25) is 13.9 Å². The number of carbonyl (C=O) groups is 1. The van der Waals surface area contributed by atoms with E-state index in [4.69, 9.17) is 24.3 Å². The lowest BCUT2D eigenvalue weighted by atomic mass is 9.98. The van der Waals surface area contributed by atoms with Gasteiger partial charge in [0.25, 0.3) is 0 Å². The van der Waals surface area contributed by atoms with Crippen molar-refractivity contribution in [3.63, 3.8) is 0 Å². The molecule has 1 aromatic heterocycles. The Balaban J connectivity index is 1.54. The number of nitrogens with zero attached hydrogens (tertiary/aromatic N) is 2. The van der Waals surface area contributed by atoms with Gasteiger partial charge >= 0.3 is 19.4 Å². The first kappa shape index (κ1) is 26.2. The monoisotopic (exact) mass is 526 g/mol. The Labute approximate surface area is 206 Å². The summed E-state index contributed by atoms with van der Waals surface area (Å²) in [6.45, 7) is 3.86. The molecule has 0 spiro atoms. The molecule has 14 heteroatoms. The molecule has 0 radical (unpaired) electrons. The third kappa shape index (κ3) is 5.45. The van der Waals surface area contributed by atoms with Crippen LogP contribution >= 0.6 is 7.75 Å². The number of rotatable bonds is 8. The Morgan fingerprint density at radius 1 is 1.28 bits per heavy atom. The van der Waals surface area contributed by atoms with Gasteiger partial charge in [0.05, 0.1) is 6.61 Å². The normalized spacial score (nSPS) is 31.1. The lowest BCUT2D eigenvalue weighted by Gasteiger charge is -2.25. The lowest BCUT2D eigenvalue weighted by molar-refractivity contribution is -0.147. The molecular formula is C22H28FN4O8P. The lowest BCUT2D eigenvalue weighted by Crippen LogP contribution is -2.43. The molecule has 2 aliphatic heterocycles. The van der Waals surface area contributed by atoms with E-state index >= 15 is 4.39 Å². The van der Waals surface area contributed by atoms with Gasteiger partial charge in [0.1, 0.15) is 35.4 Å². The number of nitrogens with one attached hydrogen (secondary N) is 1. The molecule has 2 fully saturated rings. The molecule has 196 valence electrons. The van der Waals surface area contributed by atoms with Crippen LogP contribution < -0.4 is 21.0 Å². The predicted octanol–water partition coefficient (Wildman–Crippen LogP) is 1.70. The summed E-state index contributed by atoms with van der Waals surface area (Å²) >= 11 is 0. The molecule has 6 atom stereocenters. The highest BCUT2D eigenvalue weighted by molar-refractivity contribution is 7.52. The zero-order valence-electron chi connectivity index (χ0n) is 19.9. The topological polar surface area (TPSA) is 164 Å². The number of carbonyl (C=O) groups excluding carboxylic acids is 1. The zero-order chi connectivity index (χ0) is 26.3. The second-order valence-corrected chi connectivity index (χ2v) is 11.1. The zero-order valence-corrected chi connectivity index (χ0v) is 20.8. The van der Waals surface area contributed by atoms with E-state index in [1.165, 1.54) is 24.4 Å². The largest absolute Gasteiger partial charge is 0.459 e. The number of hydrogen-bond donors (Lipinski definition) is 3. The Morgan fingerprint density at radius 3 is 2.58 bits per heavy atom. The number of aliphatic hydroxyl groups excluding tert-OH is 1. The molecule has 2 aliphatic rings. The van der Waals surface area contributed by atoms with Crippen LogP contribution in [-0.2, 0) is 23.4 Å². The molecule has 2 aromatic rings. The molecule has 36 heavy (non-hydrogen) atoms. The highest BCUT2D eigenvalue weighted by Crippen LogP contribution is 2.48. The molecule has 12 nitrogen and oxygen atoms in total. The van der Waals surface area contributed by atoms with E-state index in [9.17, 15) is 19.3 Å². The van der Waals surface area contributed by atoms with Crippen molar-refractivity contribution in [2.45, 2.75) is 62.9 Å². The maximum Gasteiger partial charge on any atom is 0.459 e. The van der Waals surface area contributed by atoms with Gasteiger partial charge in [-0.15, -0.1) is 0 Å². The average Bonchev–Trinajstić information content (AvgIpc) is 3.17. The van der Waals surface area contributed by atoms with Crippen molar-refractivity contribution >= 4 is 19.5 Å². The number of alkyl halides is 1. The summed E-state index contributed by atoms with van der Waals surface area (Å²) in [7, 11) is -4.27. The Morgan fingerprint density at radius 2 is 1.97 bits per heavy atom. The van der Waals surface area contributed by atoms with Crippen LogP contribution in [0, 0.1) is 0 Å².